The van der Waals surface area contributed by atoms with Gasteiger partial charge in [0.2, 0.25) is 0 Å². The van der Waals surface area contributed by atoms with Crippen LogP contribution in [0.1, 0.15) is 12.8 Å². The fourth-order valence-corrected chi connectivity index (χ4v) is 0.136. The molecule has 0 heterocycles. The predicted molar refractivity (Wildman–Crippen MR) is 28.5 cm³/mol. The summed E-state index contributed by atoms with van der Waals surface area (Å²) in [6.45, 7) is 0. The van der Waals surface area contributed by atoms with Crippen LogP contribution in [0.25, 0.3) is 0 Å². The van der Waals surface area contributed by atoms with Crippen molar-refractivity contribution >= 4 is 42.1 Å². The van der Waals surface area contributed by atoms with Crippen LogP contribution < -0.4 is 0 Å². The molecule has 0 aliphatic carbocycles. The zero-order valence-corrected chi connectivity index (χ0v) is 3.39. The van der Waals surface area contributed by atoms with E-state index in [1.807, 2.05) is 0 Å². The zero-order valence-electron chi connectivity index (χ0n) is 3.39. The number of rotatable bonds is 3. The Morgan fingerprint density at radius 1 is 1.00 bits per heavy atom. The van der Waals surface area contributed by atoms with Gasteiger partial charge >= 0.3 is 29.6 Å². The Morgan fingerprint density at radius 3 is 1.43 bits per heavy atom. The van der Waals surface area contributed by atoms with Crippen molar-refractivity contribution < 1.29 is 9.59 Å². The molecule has 0 aliphatic heterocycles. The van der Waals surface area contributed by atoms with E-state index in [1.165, 1.54) is 0 Å². The molecule has 0 aromatic carbocycles. The molecule has 0 spiro atoms. The number of hydrogen-bond donors (Lipinski definition) is 0. The van der Waals surface area contributed by atoms with Gasteiger partial charge in [0.15, 0.2) is 0 Å². The second-order valence-corrected chi connectivity index (χ2v) is 0.911. The summed E-state index contributed by atoms with van der Waals surface area (Å²) < 4.78 is 0. The fraction of sp³-hybridized carbons (Fsp3) is 0.500. The number of hydrogen-bond acceptors (Lipinski definition) is 2. The molecule has 0 aliphatic rings. The van der Waals surface area contributed by atoms with Crippen LogP contribution in [0.15, 0.2) is 0 Å². The zero-order chi connectivity index (χ0) is 4.83. The molecule has 0 rings (SSSR count). The van der Waals surface area contributed by atoms with Gasteiger partial charge in [-0.3, -0.25) is 0 Å². The normalized spacial score (nSPS) is 6.29. The number of aldehydes is 2. The summed E-state index contributed by atoms with van der Waals surface area (Å²) in [5.74, 6) is 0. The van der Waals surface area contributed by atoms with Crippen LogP contribution in [0.4, 0.5) is 0 Å². The van der Waals surface area contributed by atoms with Gasteiger partial charge in [0.25, 0.3) is 0 Å². The molecule has 36 valence electrons. The molecular weight excluding hydrogens is 103 g/mol. The van der Waals surface area contributed by atoms with Crippen LogP contribution in [0.3, 0.4) is 0 Å². The van der Waals surface area contributed by atoms with E-state index in [2.05, 4.69) is 0 Å². The molecule has 0 atom stereocenters. The standard InChI is InChI=1S/C4H6O2.Na.H/c5-3-1-2-4-6;;/h3-4H,1-2H2;;. The first-order chi connectivity index (χ1) is 2.91. The van der Waals surface area contributed by atoms with E-state index in [-0.39, 0.29) is 29.6 Å². The van der Waals surface area contributed by atoms with Crippen molar-refractivity contribution in [2.24, 2.45) is 0 Å². The van der Waals surface area contributed by atoms with Gasteiger partial charge in [-0.15, -0.1) is 0 Å². The van der Waals surface area contributed by atoms with Crippen molar-refractivity contribution in [3.8, 4) is 0 Å². The molecule has 0 saturated heterocycles. The van der Waals surface area contributed by atoms with E-state index in [0.717, 1.165) is 12.6 Å². The van der Waals surface area contributed by atoms with Gasteiger partial charge in [-0.1, -0.05) is 0 Å². The van der Waals surface area contributed by atoms with Crippen LogP contribution in [-0.4, -0.2) is 42.1 Å². The Labute approximate surface area is 64.6 Å². The summed E-state index contributed by atoms with van der Waals surface area (Å²) in [4.78, 5) is 18.8. The van der Waals surface area contributed by atoms with Crippen LogP contribution in [0.2, 0.25) is 0 Å². The van der Waals surface area contributed by atoms with Gasteiger partial charge in [-0.05, 0) is 0 Å². The Kier molecular flexibility index (Phi) is 14.2. The molecule has 3 heteroatoms. The summed E-state index contributed by atoms with van der Waals surface area (Å²) in [7, 11) is 0. The number of unbranched alkanes of at least 4 members (excludes halogenated alkanes) is 1. The second kappa shape index (κ2) is 9.60. The third kappa shape index (κ3) is 10.7. The van der Waals surface area contributed by atoms with E-state index in [1.54, 1.807) is 0 Å². The van der Waals surface area contributed by atoms with Crippen LogP contribution in [0, 0.1) is 0 Å². The molecule has 0 unspecified atom stereocenters. The molecule has 0 aromatic rings. The molecule has 0 fully saturated rings. The predicted octanol–water partition coefficient (Wildman–Crippen LogP) is -0.484. The van der Waals surface area contributed by atoms with Gasteiger partial charge in [-0.25, -0.2) is 0 Å². The topological polar surface area (TPSA) is 34.1 Å². The monoisotopic (exact) mass is 110 g/mol. The Hall–Kier alpha value is 0.340. The maximum absolute atomic E-state index is 9.40. The van der Waals surface area contributed by atoms with Crippen molar-refractivity contribution in [2.45, 2.75) is 12.8 Å². The van der Waals surface area contributed by atoms with Gasteiger partial charge in [0.05, 0.1) is 0 Å². The van der Waals surface area contributed by atoms with E-state index >= 15 is 0 Å². The van der Waals surface area contributed by atoms with Crippen molar-refractivity contribution in [2.75, 3.05) is 0 Å². The van der Waals surface area contributed by atoms with E-state index in [0.29, 0.717) is 12.8 Å². The Morgan fingerprint density at radius 2 is 1.29 bits per heavy atom. The van der Waals surface area contributed by atoms with Crippen molar-refractivity contribution in [1.82, 2.24) is 0 Å². The van der Waals surface area contributed by atoms with Crippen LogP contribution >= 0.6 is 0 Å². The molecule has 0 aromatic heterocycles. The second-order valence-electron chi connectivity index (χ2n) is 0.911. The van der Waals surface area contributed by atoms with Gasteiger partial charge < -0.3 is 9.59 Å². The van der Waals surface area contributed by atoms with Gasteiger partial charge in [-0.2, -0.15) is 0 Å². The first kappa shape index (κ1) is 10.3. The van der Waals surface area contributed by atoms with E-state index in [9.17, 15) is 9.59 Å². The summed E-state index contributed by atoms with van der Waals surface area (Å²) in [5.41, 5.74) is 0. The van der Waals surface area contributed by atoms with Gasteiger partial charge in [0.1, 0.15) is 12.6 Å². The van der Waals surface area contributed by atoms with Crippen LogP contribution in [0.5, 0.6) is 0 Å². The summed E-state index contributed by atoms with van der Waals surface area (Å²) in [6.07, 6.45) is 2.19. The average Bonchev–Trinajstić information content (AvgIpc) is 1.61. The molecule has 0 bridgehead atoms. The first-order valence-corrected chi connectivity index (χ1v) is 1.79. The quantitative estimate of drug-likeness (QED) is 0.279. The van der Waals surface area contributed by atoms with Gasteiger partial charge in [0, 0.05) is 12.8 Å². The average molecular weight is 110 g/mol. The van der Waals surface area contributed by atoms with Crippen molar-refractivity contribution in [3.05, 3.63) is 0 Å². The van der Waals surface area contributed by atoms with E-state index in [4.69, 9.17) is 0 Å². The Bertz CT molecular complexity index is 45.7. The van der Waals surface area contributed by atoms with E-state index < -0.39 is 0 Å². The fourth-order valence-electron chi connectivity index (χ4n) is 0.136. The number of carbonyl (C=O) groups excluding carboxylic acids is 2. The summed E-state index contributed by atoms with van der Waals surface area (Å²) >= 11 is 0. The molecule has 0 amide bonds. The molecule has 2 nitrogen and oxygen atoms in total. The van der Waals surface area contributed by atoms with Crippen LogP contribution in [-0.2, 0) is 9.59 Å². The summed E-state index contributed by atoms with van der Waals surface area (Å²) in [6, 6.07) is 0. The van der Waals surface area contributed by atoms with Crippen molar-refractivity contribution in [1.29, 1.82) is 0 Å². The third-order valence-electron chi connectivity index (χ3n) is 0.402. The molecule has 0 N–H and O–H groups in total. The summed E-state index contributed by atoms with van der Waals surface area (Å²) in [5, 5.41) is 0. The maximum atomic E-state index is 9.40. The number of carbonyl (C=O) groups is 2. The molecule has 0 saturated carbocycles. The van der Waals surface area contributed by atoms with Crippen molar-refractivity contribution in [3.63, 3.8) is 0 Å². The third-order valence-corrected chi connectivity index (χ3v) is 0.402. The minimum atomic E-state index is 0. The molecular formula is C4H7NaO2. The SMILES string of the molecule is O=CCCC=O.[NaH]. The Balaban J connectivity index is 0. The first-order valence-electron chi connectivity index (χ1n) is 1.79. The minimum absolute atomic E-state index is 0. The molecule has 7 heavy (non-hydrogen) atoms. The molecule has 0 radical (unpaired) electrons.